The molecule has 0 bridgehead atoms. The lowest BCUT2D eigenvalue weighted by molar-refractivity contribution is 0.355. The molecule has 0 amide bonds. The molecule has 0 radical (unpaired) electrons. The molecule has 0 saturated heterocycles. The zero-order valence-electron chi connectivity index (χ0n) is 10.9. The molecule has 0 atom stereocenters. The van der Waals surface area contributed by atoms with E-state index < -0.39 is 0 Å². The molecule has 98 valence electrons. The normalized spacial score (nSPS) is 11.2. The predicted molar refractivity (Wildman–Crippen MR) is 75.0 cm³/mol. The Hall–Kier alpha value is -2.29. The van der Waals surface area contributed by atoms with Gasteiger partial charge in [-0.3, -0.25) is 0 Å². The predicted octanol–water partition coefficient (Wildman–Crippen LogP) is 4.17. The molecule has 0 aliphatic rings. The van der Waals surface area contributed by atoms with Crippen LogP contribution < -0.4 is 9.47 Å². The van der Waals surface area contributed by atoms with Crippen LogP contribution in [0.15, 0.2) is 48.5 Å². The van der Waals surface area contributed by atoms with E-state index in [9.17, 15) is 4.39 Å². The third kappa shape index (κ3) is 3.13. The minimum atomic E-state index is -0.284. The first kappa shape index (κ1) is 13.1. The number of hydrogen-bond acceptors (Lipinski definition) is 2. The monoisotopic (exact) mass is 258 g/mol. The van der Waals surface area contributed by atoms with Crippen LogP contribution in [-0.4, -0.2) is 14.2 Å². The highest BCUT2D eigenvalue weighted by Crippen LogP contribution is 2.29. The van der Waals surface area contributed by atoms with Crippen molar-refractivity contribution in [3.8, 4) is 11.5 Å². The molecule has 19 heavy (non-hydrogen) atoms. The lowest BCUT2D eigenvalue weighted by Gasteiger charge is -2.07. The Balaban J connectivity index is 2.33. The summed E-state index contributed by atoms with van der Waals surface area (Å²) < 4.78 is 24.4. The number of ether oxygens (including phenoxy) is 2. The fourth-order valence-corrected chi connectivity index (χ4v) is 1.77. The zero-order chi connectivity index (χ0) is 13.7. The van der Waals surface area contributed by atoms with Crippen molar-refractivity contribution in [2.24, 2.45) is 0 Å². The third-order valence-corrected chi connectivity index (χ3v) is 2.75. The van der Waals surface area contributed by atoms with Gasteiger partial charge in [0, 0.05) is 5.56 Å². The van der Waals surface area contributed by atoms with Crippen molar-refractivity contribution >= 4 is 11.9 Å². The zero-order valence-corrected chi connectivity index (χ0v) is 10.9. The molecule has 0 heterocycles. The number of methoxy groups -OCH3 is 2. The summed E-state index contributed by atoms with van der Waals surface area (Å²) >= 11 is 0. The van der Waals surface area contributed by atoms with E-state index in [0.717, 1.165) is 5.56 Å². The summed E-state index contributed by atoms with van der Waals surface area (Å²) in [6.45, 7) is 0. The number of halogens is 1. The van der Waals surface area contributed by atoms with Crippen LogP contribution in [-0.2, 0) is 0 Å². The van der Waals surface area contributed by atoms with Crippen molar-refractivity contribution in [3.63, 3.8) is 0 Å². The Morgan fingerprint density at radius 1 is 0.947 bits per heavy atom. The van der Waals surface area contributed by atoms with Crippen LogP contribution in [0.25, 0.3) is 11.9 Å². The first-order valence-electron chi connectivity index (χ1n) is 5.89. The van der Waals surface area contributed by atoms with E-state index in [4.69, 9.17) is 9.47 Å². The standard InChI is InChI=1S/C16H15FO2/c1-18-15-9-8-12(11-16(15)19-2)10-14(17)13-6-4-3-5-7-13/h3-11H,1-2H3. The van der Waals surface area contributed by atoms with Gasteiger partial charge < -0.3 is 9.47 Å². The molecule has 2 rings (SSSR count). The molecule has 2 nitrogen and oxygen atoms in total. The van der Waals surface area contributed by atoms with Crippen LogP contribution >= 0.6 is 0 Å². The van der Waals surface area contributed by atoms with Crippen LogP contribution in [0.2, 0.25) is 0 Å². The Labute approximate surface area is 112 Å². The van der Waals surface area contributed by atoms with E-state index >= 15 is 0 Å². The molecule has 0 fully saturated rings. The van der Waals surface area contributed by atoms with Crippen molar-refractivity contribution in [1.82, 2.24) is 0 Å². The maximum absolute atomic E-state index is 14.0. The smallest absolute Gasteiger partial charge is 0.161 e. The van der Waals surface area contributed by atoms with E-state index in [1.54, 1.807) is 56.7 Å². The molecule has 2 aromatic rings. The second-order valence-corrected chi connectivity index (χ2v) is 3.97. The molecule has 3 heteroatoms. The van der Waals surface area contributed by atoms with Crippen molar-refractivity contribution in [2.75, 3.05) is 14.2 Å². The molecule has 0 aliphatic heterocycles. The van der Waals surface area contributed by atoms with Crippen LogP contribution in [0.1, 0.15) is 11.1 Å². The average Bonchev–Trinajstić information content (AvgIpc) is 2.48. The maximum atomic E-state index is 14.0. The lowest BCUT2D eigenvalue weighted by atomic mass is 10.1. The Kier molecular flexibility index (Phi) is 4.18. The van der Waals surface area contributed by atoms with Gasteiger partial charge in [-0.2, -0.15) is 0 Å². The van der Waals surface area contributed by atoms with Gasteiger partial charge in [0.15, 0.2) is 11.5 Å². The van der Waals surface area contributed by atoms with Gasteiger partial charge in [0.25, 0.3) is 0 Å². The summed E-state index contributed by atoms with van der Waals surface area (Å²) in [5.41, 5.74) is 1.27. The fraction of sp³-hybridized carbons (Fsp3) is 0.125. The topological polar surface area (TPSA) is 18.5 Å². The van der Waals surface area contributed by atoms with Gasteiger partial charge in [0.05, 0.1) is 14.2 Å². The largest absolute Gasteiger partial charge is 0.493 e. The van der Waals surface area contributed by atoms with Gasteiger partial charge >= 0.3 is 0 Å². The van der Waals surface area contributed by atoms with Gasteiger partial charge in [-0.05, 0) is 23.8 Å². The molecular weight excluding hydrogens is 243 g/mol. The summed E-state index contributed by atoms with van der Waals surface area (Å²) in [6, 6.07) is 14.2. The highest BCUT2D eigenvalue weighted by Gasteiger charge is 2.05. The fourth-order valence-electron chi connectivity index (χ4n) is 1.77. The number of benzene rings is 2. The molecule has 2 aromatic carbocycles. The highest BCUT2D eigenvalue weighted by molar-refractivity contribution is 5.77. The molecule has 0 N–H and O–H groups in total. The quantitative estimate of drug-likeness (QED) is 0.766. The van der Waals surface area contributed by atoms with Crippen molar-refractivity contribution in [3.05, 3.63) is 59.7 Å². The first-order chi connectivity index (χ1) is 9.24. The van der Waals surface area contributed by atoms with E-state index in [0.29, 0.717) is 17.1 Å². The minimum absolute atomic E-state index is 0.284. The number of hydrogen-bond donors (Lipinski definition) is 0. The van der Waals surface area contributed by atoms with Crippen LogP contribution in [0.3, 0.4) is 0 Å². The van der Waals surface area contributed by atoms with Crippen molar-refractivity contribution in [1.29, 1.82) is 0 Å². The number of rotatable bonds is 4. The van der Waals surface area contributed by atoms with Crippen molar-refractivity contribution < 1.29 is 13.9 Å². The maximum Gasteiger partial charge on any atom is 0.161 e. The van der Waals surface area contributed by atoms with E-state index in [1.807, 2.05) is 6.07 Å². The van der Waals surface area contributed by atoms with Gasteiger partial charge in [0.1, 0.15) is 5.83 Å². The summed E-state index contributed by atoms with van der Waals surface area (Å²) in [4.78, 5) is 0. The second kappa shape index (κ2) is 6.05. The summed E-state index contributed by atoms with van der Waals surface area (Å²) in [7, 11) is 3.12. The SMILES string of the molecule is COc1ccc(C=C(F)c2ccccc2)cc1OC. The minimum Gasteiger partial charge on any atom is -0.493 e. The Morgan fingerprint density at radius 3 is 2.26 bits per heavy atom. The van der Waals surface area contributed by atoms with E-state index in [-0.39, 0.29) is 5.83 Å². The second-order valence-electron chi connectivity index (χ2n) is 3.97. The van der Waals surface area contributed by atoms with Crippen LogP contribution in [0.5, 0.6) is 11.5 Å². The molecule has 0 saturated carbocycles. The van der Waals surface area contributed by atoms with Gasteiger partial charge in [-0.1, -0.05) is 36.4 Å². The highest BCUT2D eigenvalue weighted by atomic mass is 19.1. The summed E-state index contributed by atoms with van der Waals surface area (Å²) in [6.07, 6.45) is 1.47. The Morgan fingerprint density at radius 2 is 1.63 bits per heavy atom. The molecular formula is C16H15FO2. The Bertz CT molecular complexity index is 577. The van der Waals surface area contributed by atoms with Crippen LogP contribution in [0, 0.1) is 0 Å². The van der Waals surface area contributed by atoms with Gasteiger partial charge in [-0.25, -0.2) is 4.39 Å². The summed E-state index contributed by atoms with van der Waals surface area (Å²) in [5.74, 6) is 0.921. The molecule has 0 unspecified atom stereocenters. The van der Waals surface area contributed by atoms with Crippen LogP contribution in [0.4, 0.5) is 4.39 Å². The molecule has 0 spiro atoms. The van der Waals surface area contributed by atoms with Crippen molar-refractivity contribution in [2.45, 2.75) is 0 Å². The van der Waals surface area contributed by atoms with E-state index in [2.05, 4.69) is 0 Å². The van der Waals surface area contributed by atoms with E-state index in [1.165, 1.54) is 6.08 Å². The molecule has 0 aliphatic carbocycles. The molecule has 0 aromatic heterocycles. The lowest BCUT2D eigenvalue weighted by Crippen LogP contribution is -1.90. The average molecular weight is 258 g/mol. The van der Waals surface area contributed by atoms with Gasteiger partial charge in [-0.15, -0.1) is 0 Å². The third-order valence-electron chi connectivity index (χ3n) is 2.75. The first-order valence-corrected chi connectivity index (χ1v) is 5.89. The van der Waals surface area contributed by atoms with Gasteiger partial charge in [0.2, 0.25) is 0 Å². The summed E-state index contributed by atoms with van der Waals surface area (Å²) in [5, 5.41) is 0.